The summed E-state index contributed by atoms with van der Waals surface area (Å²) in [6.07, 6.45) is 5.10. The van der Waals surface area contributed by atoms with Gasteiger partial charge in [0.25, 0.3) is 5.91 Å². The van der Waals surface area contributed by atoms with Crippen LogP contribution in [-0.4, -0.2) is 30.8 Å². The highest BCUT2D eigenvalue weighted by molar-refractivity contribution is 7.17. The Morgan fingerprint density at radius 2 is 2.15 bits per heavy atom. The molecule has 136 valence electrons. The molecule has 27 heavy (non-hydrogen) atoms. The summed E-state index contributed by atoms with van der Waals surface area (Å²) in [6, 6.07) is 7.50. The fourth-order valence-corrected chi connectivity index (χ4v) is 3.44. The minimum absolute atomic E-state index is 0.0960. The fourth-order valence-electron chi connectivity index (χ4n) is 2.62. The molecule has 0 fully saturated rings. The zero-order valence-corrected chi connectivity index (χ0v) is 15.3. The molecule has 0 aliphatic heterocycles. The van der Waals surface area contributed by atoms with E-state index >= 15 is 0 Å². The Hall–Kier alpha value is -3.33. The Morgan fingerprint density at radius 1 is 1.22 bits per heavy atom. The van der Waals surface area contributed by atoms with Crippen molar-refractivity contribution >= 4 is 33.4 Å². The quantitative estimate of drug-likeness (QED) is 0.475. The number of carbonyl (C=O) groups excluding carboxylic acids is 1. The lowest BCUT2D eigenvalue weighted by atomic mass is 10.2. The lowest BCUT2D eigenvalue weighted by Gasteiger charge is -2.14. The van der Waals surface area contributed by atoms with Crippen molar-refractivity contribution in [2.24, 2.45) is 0 Å². The Balaban J connectivity index is 1.58. The SMILES string of the molecule is C[C@H](Nc1nc(C(=O)NCc2ncc[nH]2)c2sccc2n1)c1ccccn1. The molecule has 4 aromatic heterocycles. The third-order valence-electron chi connectivity index (χ3n) is 3.97. The Kier molecular flexibility index (Phi) is 4.75. The second-order valence-electron chi connectivity index (χ2n) is 5.87. The molecule has 1 amide bonds. The van der Waals surface area contributed by atoms with E-state index in [1.54, 1.807) is 18.6 Å². The van der Waals surface area contributed by atoms with Crippen LogP contribution in [0.15, 0.2) is 48.2 Å². The van der Waals surface area contributed by atoms with Crippen molar-refractivity contribution in [2.45, 2.75) is 19.5 Å². The first kappa shape index (κ1) is 17.1. The van der Waals surface area contributed by atoms with Gasteiger partial charge in [-0.1, -0.05) is 6.07 Å². The topological polar surface area (TPSA) is 108 Å². The number of imidazole rings is 1. The highest BCUT2D eigenvalue weighted by Crippen LogP contribution is 2.25. The zero-order valence-electron chi connectivity index (χ0n) is 14.5. The Labute approximate surface area is 159 Å². The van der Waals surface area contributed by atoms with E-state index in [4.69, 9.17) is 0 Å². The third kappa shape index (κ3) is 3.77. The van der Waals surface area contributed by atoms with Crippen LogP contribution in [0.1, 0.15) is 35.0 Å². The first-order chi connectivity index (χ1) is 13.2. The smallest absolute Gasteiger partial charge is 0.271 e. The van der Waals surface area contributed by atoms with Crippen molar-refractivity contribution in [3.63, 3.8) is 0 Å². The molecule has 0 radical (unpaired) electrons. The Bertz CT molecular complexity index is 1050. The normalized spacial score (nSPS) is 12.0. The second-order valence-corrected chi connectivity index (χ2v) is 6.79. The molecule has 0 saturated heterocycles. The highest BCUT2D eigenvalue weighted by atomic mass is 32.1. The van der Waals surface area contributed by atoms with Gasteiger partial charge in [-0.3, -0.25) is 9.78 Å². The van der Waals surface area contributed by atoms with Crippen molar-refractivity contribution in [1.29, 1.82) is 0 Å². The van der Waals surface area contributed by atoms with Gasteiger partial charge in [0, 0.05) is 18.6 Å². The number of fused-ring (bicyclic) bond motifs is 1. The molecule has 0 aliphatic rings. The highest BCUT2D eigenvalue weighted by Gasteiger charge is 2.17. The molecule has 0 spiro atoms. The molecule has 3 N–H and O–H groups in total. The Morgan fingerprint density at radius 3 is 2.93 bits per heavy atom. The van der Waals surface area contributed by atoms with Gasteiger partial charge in [-0.25, -0.2) is 15.0 Å². The third-order valence-corrected chi connectivity index (χ3v) is 4.88. The molecule has 0 bridgehead atoms. The van der Waals surface area contributed by atoms with E-state index in [9.17, 15) is 4.79 Å². The lowest BCUT2D eigenvalue weighted by Crippen LogP contribution is -2.25. The van der Waals surface area contributed by atoms with Gasteiger partial charge in [0.05, 0.1) is 28.5 Å². The average molecular weight is 379 g/mol. The van der Waals surface area contributed by atoms with Crippen LogP contribution in [0.3, 0.4) is 0 Å². The number of hydrogen-bond acceptors (Lipinski definition) is 7. The molecule has 8 nitrogen and oxygen atoms in total. The number of amides is 1. The molecular weight excluding hydrogens is 362 g/mol. The van der Waals surface area contributed by atoms with Crippen LogP contribution in [0.25, 0.3) is 10.2 Å². The van der Waals surface area contributed by atoms with Crippen molar-refractivity contribution in [3.05, 3.63) is 65.4 Å². The van der Waals surface area contributed by atoms with Gasteiger partial charge in [0.2, 0.25) is 5.95 Å². The van der Waals surface area contributed by atoms with E-state index < -0.39 is 0 Å². The van der Waals surface area contributed by atoms with Crippen molar-refractivity contribution in [1.82, 2.24) is 30.2 Å². The average Bonchev–Trinajstić information content (AvgIpc) is 3.37. The van der Waals surface area contributed by atoms with Crippen LogP contribution in [0.4, 0.5) is 5.95 Å². The molecule has 0 saturated carbocycles. The largest absolute Gasteiger partial charge is 0.347 e. The predicted molar refractivity (Wildman–Crippen MR) is 103 cm³/mol. The second kappa shape index (κ2) is 7.50. The summed E-state index contributed by atoms with van der Waals surface area (Å²) < 4.78 is 0.753. The summed E-state index contributed by atoms with van der Waals surface area (Å²) in [6.45, 7) is 2.27. The van der Waals surface area contributed by atoms with Gasteiger partial charge in [-0.2, -0.15) is 0 Å². The van der Waals surface area contributed by atoms with Crippen molar-refractivity contribution in [2.75, 3.05) is 5.32 Å². The zero-order chi connectivity index (χ0) is 18.6. The molecule has 0 aromatic carbocycles. The van der Waals surface area contributed by atoms with E-state index in [2.05, 4.69) is 35.6 Å². The summed E-state index contributed by atoms with van der Waals surface area (Å²) in [5, 5.41) is 7.96. The number of nitrogens with one attached hydrogen (secondary N) is 3. The molecule has 1 atom stereocenters. The summed E-state index contributed by atoms with van der Waals surface area (Å²) in [4.78, 5) is 33.1. The van der Waals surface area contributed by atoms with Crippen LogP contribution >= 0.6 is 11.3 Å². The number of rotatable bonds is 6. The van der Waals surface area contributed by atoms with E-state index in [-0.39, 0.29) is 11.9 Å². The van der Waals surface area contributed by atoms with Gasteiger partial charge in [-0.15, -0.1) is 11.3 Å². The number of H-pyrrole nitrogens is 1. The van der Waals surface area contributed by atoms with Gasteiger partial charge in [-0.05, 0) is 30.5 Å². The van der Waals surface area contributed by atoms with Crippen molar-refractivity contribution in [3.8, 4) is 0 Å². The van der Waals surface area contributed by atoms with Gasteiger partial charge in [0.15, 0.2) is 5.69 Å². The van der Waals surface area contributed by atoms with Crippen molar-refractivity contribution < 1.29 is 4.79 Å². The van der Waals surface area contributed by atoms with E-state index in [1.807, 2.05) is 36.6 Å². The molecule has 0 unspecified atom stereocenters. The van der Waals surface area contributed by atoms with Gasteiger partial charge >= 0.3 is 0 Å². The molecule has 0 aliphatic carbocycles. The number of anilines is 1. The minimum atomic E-state index is -0.269. The fraction of sp³-hybridized carbons (Fsp3) is 0.167. The molecule has 4 heterocycles. The summed E-state index contributed by atoms with van der Waals surface area (Å²) in [5.41, 5.74) is 1.95. The number of pyridine rings is 1. The standard InChI is InChI=1S/C18H17N7OS/c1-11(12-4-2-3-6-19-12)23-18-24-13-5-9-27-16(13)15(25-18)17(26)22-10-14-20-7-8-21-14/h2-9,11H,10H2,1H3,(H,20,21)(H,22,26)(H,23,24,25)/t11-/m0/s1. The van der Waals surface area contributed by atoms with Crippen LogP contribution in [0, 0.1) is 0 Å². The number of aromatic amines is 1. The molecule has 9 heteroatoms. The lowest BCUT2D eigenvalue weighted by molar-refractivity contribution is 0.0947. The number of nitrogens with zero attached hydrogens (tertiary/aromatic N) is 4. The number of carbonyl (C=O) groups is 1. The van der Waals surface area contributed by atoms with E-state index in [0.29, 0.717) is 24.0 Å². The maximum Gasteiger partial charge on any atom is 0.271 e. The van der Waals surface area contributed by atoms with Crippen LogP contribution in [-0.2, 0) is 6.54 Å². The number of aromatic nitrogens is 5. The molecule has 4 aromatic rings. The number of thiophene rings is 1. The molecular formula is C18H17N7OS. The number of hydrogen-bond donors (Lipinski definition) is 3. The van der Waals surface area contributed by atoms with E-state index in [1.165, 1.54) is 11.3 Å². The summed E-state index contributed by atoms with van der Waals surface area (Å²) >= 11 is 1.44. The van der Waals surface area contributed by atoms with Crippen LogP contribution in [0.5, 0.6) is 0 Å². The van der Waals surface area contributed by atoms with Gasteiger partial charge < -0.3 is 15.6 Å². The van der Waals surface area contributed by atoms with Crippen LogP contribution < -0.4 is 10.6 Å². The van der Waals surface area contributed by atoms with Crippen LogP contribution in [0.2, 0.25) is 0 Å². The minimum Gasteiger partial charge on any atom is -0.347 e. The maximum absolute atomic E-state index is 12.7. The monoisotopic (exact) mass is 379 g/mol. The maximum atomic E-state index is 12.7. The molecule has 4 rings (SSSR count). The summed E-state index contributed by atoms with van der Waals surface area (Å²) in [7, 11) is 0. The van der Waals surface area contributed by atoms with Gasteiger partial charge in [0.1, 0.15) is 5.82 Å². The first-order valence-corrected chi connectivity index (χ1v) is 9.28. The first-order valence-electron chi connectivity index (χ1n) is 8.40. The predicted octanol–water partition coefficient (Wildman–Crippen LogP) is 2.91. The summed E-state index contributed by atoms with van der Waals surface area (Å²) in [5.74, 6) is 0.805. The van der Waals surface area contributed by atoms with E-state index in [0.717, 1.165) is 15.9 Å².